The van der Waals surface area contributed by atoms with E-state index >= 15 is 0 Å². The number of ether oxygens (including phenoxy) is 1. The number of rotatable bonds is 2. The van der Waals surface area contributed by atoms with Crippen molar-refractivity contribution in [2.24, 2.45) is 0 Å². The molecule has 2 aromatic rings. The molecule has 82 valence electrons. The molecule has 5 nitrogen and oxygen atoms in total. The van der Waals surface area contributed by atoms with Gasteiger partial charge in [0.15, 0.2) is 5.82 Å². The minimum atomic E-state index is 0.347. The van der Waals surface area contributed by atoms with Crippen molar-refractivity contribution in [2.45, 2.75) is 0 Å². The van der Waals surface area contributed by atoms with E-state index < -0.39 is 0 Å². The van der Waals surface area contributed by atoms with Crippen molar-refractivity contribution in [3.8, 4) is 16.9 Å². The Morgan fingerprint density at radius 1 is 1.06 bits per heavy atom. The van der Waals surface area contributed by atoms with Gasteiger partial charge in [-0.15, -0.1) is 10.2 Å². The molecule has 0 fully saturated rings. The van der Waals surface area contributed by atoms with Crippen LogP contribution in [0.5, 0.6) is 5.75 Å². The monoisotopic (exact) mass is 216 g/mol. The third-order valence-electron chi connectivity index (χ3n) is 2.24. The second-order valence-corrected chi connectivity index (χ2v) is 3.30. The van der Waals surface area contributed by atoms with Gasteiger partial charge in [-0.3, -0.25) is 0 Å². The lowest BCUT2D eigenvalue weighted by Gasteiger charge is -2.06. The predicted molar refractivity (Wildman–Crippen MR) is 62.8 cm³/mol. The summed E-state index contributed by atoms with van der Waals surface area (Å²) in [4.78, 5) is 0. The smallest absolute Gasteiger partial charge is 0.154 e. The Bertz CT molecular complexity index is 496. The zero-order valence-corrected chi connectivity index (χ0v) is 8.84. The van der Waals surface area contributed by atoms with Gasteiger partial charge >= 0.3 is 0 Å². The number of benzene rings is 1. The molecule has 0 aliphatic heterocycles. The van der Waals surface area contributed by atoms with Crippen LogP contribution in [0.3, 0.4) is 0 Å². The van der Waals surface area contributed by atoms with Gasteiger partial charge in [-0.05, 0) is 23.8 Å². The van der Waals surface area contributed by atoms with Crippen molar-refractivity contribution in [1.82, 2.24) is 10.2 Å². The number of aromatic nitrogens is 2. The molecule has 0 atom stereocenters. The quantitative estimate of drug-likeness (QED) is 0.790. The highest BCUT2D eigenvalue weighted by molar-refractivity contribution is 5.75. The number of hydrogen-bond donors (Lipinski definition) is 2. The molecule has 4 N–H and O–H groups in total. The number of anilines is 2. The van der Waals surface area contributed by atoms with Gasteiger partial charge in [0.25, 0.3) is 0 Å². The highest BCUT2D eigenvalue weighted by Crippen LogP contribution is 2.26. The van der Waals surface area contributed by atoms with Crippen molar-refractivity contribution >= 4 is 11.6 Å². The Morgan fingerprint density at radius 3 is 2.38 bits per heavy atom. The van der Waals surface area contributed by atoms with Gasteiger partial charge in [0.2, 0.25) is 0 Å². The number of methoxy groups -OCH3 is 1. The normalized spacial score (nSPS) is 10.1. The van der Waals surface area contributed by atoms with Gasteiger partial charge in [0.1, 0.15) is 11.6 Å². The number of nitrogen functional groups attached to an aromatic ring is 2. The lowest BCUT2D eigenvalue weighted by atomic mass is 10.1. The first-order valence-electron chi connectivity index (χ1n) is 4.74. The van der Waals surface area contributed by atoms with E-state index in [1.807, 2.05) is 24.3 Å². The second kappa shape index (κ2) is 4.06. The largest absolute Gasteiger partial charge is 0.497 e. The topological polar surface area (TPSA) is 87.0 Å². The van der Waals surface area contributed by atoms with Crippen molar-refractivity contribution in [1.29, 1.82) is 0 Å². The summed E-state index contributed by atoms with van der Waals surface area (Å²) in [5.41, 5.74) is 13.0. The summed E-state index contributed by atoms with van der Waals surface area (Å²) in [5, 5.41) is 7.45. The Hall–Kier alpha value is -2.30. The fourth-order valence-electron chi connectivity index (χ4n) is 1.42. The molecule has 1 heterocycles. The zero-order valence-electron chi connectivity index (χ0n) is 8.84. The van der Waals surface area contributed by atoms with Crippen molar-refractivity contribution < 1.29 is 4.74 Å². The van der Waals surface area contributed by atoms with E-state index in [1.54, 1.807) is 13.2 Å². The average molecular weight is 216 g/mol. The van der Waals surface area contributed by atoms with Crippen LogP contribution in [-0.4, -0.2) is 17.3 Å². The van der Waals surface area contributed by atoms with Crippen LogP contribution < -0.4 is 16.2 Å². The molecule has 5 heteroatoms. The maximum absolute atomic E-state index is 5.73. The Kier molecular flexibility index (Phi) is 2.59. The van der Waals surface area contributed by atoms with Crippen molar-refractivity contribution in [3.63, 3.8) is 0 Å². The summed E-state index contributed by atoms with van der Waals surface area (Å²) < 4.78 is 5.08. The molecule has 0 saturated carbocycles. The molecule has 0 bridgehead atoms. The minimum Gasteiger partial charge on any atom is -0.497 e. The first-order valence-corrected chi connectivity index (χ1v) is 4.74. The van der Waals surface area contributed by atoms with E-state index in [4.69, 9.17) is 16.2 Å². The van der Waals surface area contributed by atoms with Crippen LogP contribution in [0.15, 0.2) is 30.3 Å². The van der Waals surface area contributed by atoms with Gasteiger partial charge < -0.3 is 16.2 Å². The molecule has 1 aromatic carbocycles. The van der Waals surface area contributed by atoms with E-state index in [1.165, 1.54) is 0 Å². The van der Waals surface area contributed by atoms with Crippen LogP contribution in [0.4, 0.5) is 11.6 Å². The molecule has 0 aliphatic carbocycles. The lowest BCUT2D eigenvalue weighted by Crippen LogP contribution is -2.00. The summed E-state index contributed by atoms with van der Waals surface area (Å²) in [6.07, 6.45) is 0. The molecular formula is C11H12N4O. The van der Waals surface area contributed by atoms with Crippen LogP contribution in [-0.2, 0) is 0 Å². The molecule has 0 amide bonds. The summed E-state index contributed by atoms with van der Waals surface area (Å²) in [6, 6.07) is 9.19. The maximum atomic E-state index is 5.73. The summed E-state index contributed by atoms with van der Waals surface area (Å²) >= 11 is 0. The number of hydrogen-bond acceptors (Lipinski definition) is 5. The third kappa shape index (κ3) is 1.88. The fourth-order valence-corrected chi connectivity index (χ4v) is 1.42. The summed E-state index contributed by atoms with van der Waals surface area (Å²) in [5.74, 6) is 1.50. The fraction of sp³-hybridized carbons (Fsp3) is 0.0909. The maximum Gasteiger partial charge on any atom is 0.154 e. The van der Waals surface area contributed by atoms with Gasteiger partial charge in [-0.25, -0.2) is 0 Å². The number of nitrogens with zero attached hydrogens (tertiary/aromatic N) is 2. The molecule has 0 radical (unpaired) electrons. The van der Waals surface area contributed by atoms with E-state index in [0.29, 0.717) is 11.6 Å². The molecule has 0 spiro atoms. The average Bonchev–Trinajstić information content (AvgIpc) is 2.32. The van der Waals surface area contributed by atoms with E-state index in [-0.39, 0.29) is 0 Å². The van der Waals surface area contributed by atoms with Crippen LogP contribution >= 0.6 is 0 Å². The molecule has 1 aromatic heterocycles. The molecule has 0 saturated heterocycles. The standard InChI is InChI=1S/C11H12N4O/c1-16-8-4-2-7(3-5-8)9-6-10(12)14-15-11(9)13/h2-6H,1H3,(H2,12,14)(H2,13,15). The highest BCUT2D eigenvalue weighted by Gasteiger charge is 2.05. The second-order valence-electron chi connectivity index (χ2n) is 3.30. The summed E-state index contributed by atoms with van der Waals surface area (Å²) in [6.45, 7) is 0. The summed E-state index contributed by atoms with van der Waals surface area (Å²) in [7, 11) is 1.62. The highest BCUT2D eigenvalue weighted by atomic mass is 16.5. The van der Waals surface area contributed by atoms with Crippen LogP contribution in [0.2, 0.25) is 0 Å². The number of nitrogens with two attached hydrogens (primary N) is 2. The molecule has 2 rings (SSSR count). The van der Waals surface area contributed by atoms with Crippen LogP contribution in [0.1, 0.15) is 0 Å². The molecular weight excluding hydrogens is 204 g/mol. The van der Waals surface area contributed by atoms with Gasteiger partial charge in [-0.2, -0.15) is 0 Å². The van der Waals surface area contributed by atoms with Gasteiger partial charge in [-0.1, -0.05) is 12.1 Å². The molecule has 0 unspecified atom stereocenters. The van der Waals surface area contributed by atoms with Gasteiger partial charge in [0.05, 0.1) is 7.11 Å². The van der Waals surface area contributed by atoms with E-state index in [9.17, 15) is 0 Å². The van der Waals surface area contributed by atoms with Gasteiger partial charge in [0, 0.05) is 5.56 Å². The van der Waals surface area contributed by atoms with Crippen LogP contribution in [0.25, 0.3) is 11.1 Å². The SMILES string of the molecule is COc1ccc(-c2cc(N)nnc2N)cc1. The first kappa shape index (κ1) is 10.2. The third-order valence-corrected chi connectivity index (χ3v) is 2.24. The van der Waals surface area contributed by atoms with E-state index in [0.717, 1.165) is 16.9 Å². The Balaban J connectivity index is 2.45. The van der Waals surface area contributed by atoms with Crippen LogP contribution in [0, 0.1) is 0 Å². The zero-order chi connectivity index (χ0) is 11.5. The lowest BCUT2D eigenvalue weighted by molar-refractivity contribution is 0.415. The first-order chi connectivity index (χ1) is 7.70. The Morgan fingerprint density at radius 2 is 1.75 bits per heavy atom. The molecule has 0 aliphatic rings. The Labute approximate surface area is 93.1 Å². The molecule has 16 heavy (non-hydrogen) atoms. The van der Waals surface area contributed by atoms with Crippen molar-refractivity contribution in [2.75, 3.05) is 18.6 Å². The minimum absolute atomic E-state index is 0.347. The predicted octanol–water partition coefficient (Wildman–Crippen LogP) is 1.32. The van der Waals surface area contributed by atoms with Crippen molar-refractivity contribution in [3.05, 3.63) is 30.3 Å². The van der Waals surface area contributed by atoms with E-state index in [2.05, 4.69) is 10.2 Å².